The van der Waals surface area contributed by atoms with Gasteiger partial charge in [-0.15, -0.1) is 11.3 Å². The van der Waals surface area contributed by atoms with Crippen molar-refractivity contribution in [3.63, 3.8) is 0 Å². The van der Waals surface area contributed by atoms with E-state index in [-0.39, 0.29) is 11.5 Å². The summed E-state index contributed by atoms with van der Waals surface area (Å²) in [7, 11) is 0. The molecule has 108 valence electrons. The molecule has 1 N–H and O–H groups in total. The van der Waals surface area contributed by atoms with Crippen LogP contribution in [0.1, 0.15) is 64.1 Å². The zero-order chi connectivity index (χ0) is 14.0. The van der Waals surface area contributed by atoms with Crippen molar-refractivity contribution in [1.29, 1.82) is 0 Å². The van der Waals surface area contributed by atoms with Gasteiger partial charge >= 0.3 is 0 Å². The van der Waals surface area contributed by atoms with Crippen molar-refractivity contribution in [2.24, 2.45) is 11.8 Å². The van der Waals surface area contributed by atoms with Gasteiger partial charge in [-0.1, -0.05) is 40.5 Å². The molecule has 3 atom stereocenters. The Kier molecular flexibility index (Phi) is 4.67. The van der Waals surface area contributed by atoms with Crippen LogP contribution in [0, 0.1) is 11.8 Å². The smallest absolute Gasteiger partial charge is 0.0954 e. The molecule has 0 amide bonds. The standard InChI is InChI=1S/C16H27NOS/c1-11-6-5-7-12(8-11)13(18)9-15-17-14(10-19-15)16(2,3)4/h10-13,18H,5-9H2,1-4H3. The molecular weight excluding hydrogens is 254 g/mol. The maximum absolute atomic E-state index is 10.4. The topological polar surface area (TPSA) is 33.1 Å². The van der Waals surface area contributed by atoms with Crippen molar-refractivity contribution >= 4 is 11.3 Å². The zero-order valence-electron chi connectivity index (χ0n) is 12.6. The van der Waals surface area contributed by atoms with E-state index in [4.69, 9.17) is 4.98 Å². The van der Waals surface area contributed by atoms with Crippen LogP contribution in [0.3, 0.4) is 0 Å². The second-order valence-corrected chi connectivity index (χ2v) is 8.12. The third-order valence-corrected chi connectivity index (χ3v) is 5.10. The third-order valence-electron chi connectivity index (χ3n) is 4.23. The fourth-order valence-electron chi connectivity index (χ4n) is 2.93. The quantitative estimate of drug-likeness (QED) is 0.902. The van der Waals surface area contributed by atoms with E-state index in [1.165, 1.54) is 25.7 Å². The first-order valence-electron chi connectivity index (χ1n) is 7.49. The molecule has 1 aromatic rings. The van der Waals surface area contributed by atoms with Crippen LogP contribution in [0.5, 0.6) is 0 Å². The van der Waals surface area contributed by atoms with E-state index in [1.807, 2.05) is 0 Å². The molecular formula is C16H27NOS. The molecule has 2 rings (SSSR count). The Morgan fingerprint density at radius 3 is 2.74 bits per heavy atom. The minimum Gasteiger partial charge on any atom is -0.392 e. The molecule has 2 nitrogen and oxygen atoms in total. The zero-order valence-corrected chi connectivity index (χ0v) is 13.5. The van der Waals surface area contributed by atoms with Gasteiger partial charge in [0.2, 0.25) is 0 Å². The van der Waals surface area contributed by atoms with Crippen LogP contribution in [-0.4, -0.2) is 16.2 Å². The largest absolute Gasteiger partial charge is 0.392 e. The summed E-state index contributed by atoms with van der Waals surface area (Å²) in [5.41, 5.74) is 1.26. The van der Waals surface area contributed by atoms with Crippen LogP contribution < -0.4 is 0 Å². The normalized spacial score (nSPS) is 26.4. The highest BCUT2D eigenvalue weighted by Crippen LogP contribution is 2.32. The van der Waals surface area contributed by atoms with Gasteiger partial charge in [-0.25, -0.2) is 4.98 Å². The first-order valence-corrected chi connectivity index (χ1v) is 8.37. The fraction of sp³-hybridized carbons (Fsp3) is 0.812. The molecule has 1 aromatic heterocycles. The molecule has 0 bridgehead atoms. The van der Waals surface area contributed by atoms with Gasteiger partial charge in [0, 0.05) is 17.2 Å². The van der Waals surface area contributed by atoms with Gasteiger partial charge in [0.05, 0.1) is 16.8 Å². The summed E-state index contributed by atoms with van der Waals surface area (Å²) < 4.78 is 0. The fourth-order valence-corrected chi connectivity index (χ4v) is 4.00. The van der Waals surface area contributed by atoms with Gasteiger partial charge in [0.15, 0.2) is 0 Å². The van der Waals surface area contributed by atoms with E-state index in [1.54, 1.807) is 11.3 Å². The molecule has 1 aliphatic carbocycles. The second kappa shape index (κ2) is 5.92. The summed E-state index contributed by atoms with van der Waals surface area (Å²) in [5.74, 6) is 1.25. The number of aromatic nitrogens is 1. The number of thiazole rings is 1. The number of aliphatic hydroxyl groups excluding tert-OH is 1. The van der Waals surface area contributed by atoms with E-state index in [0.29, 0.717) is 5.92 Å². The molecule has 19 heavy (non-hydrogen) atoms. The molecule has 1 aliphatic rings. The van der Waals surface area contributed by atoms with Gasteiger partial charge in [0.25, 0.3) is 0 Å². The van der Waals surface area contributed by atoms with Crippen LogP contribution >= 0.6 is 11.3 Å². The first-order chi connectivity index (χ1) is 8.86. The Hall–Kier alpha value is -0.410. The van der Waals surface area contributed by atoms with E-state index in [0.717, 1.165) is 23.0 Å². The highest BCUT2D eigenvalue weighted by atomic mass is 32.1. The summed E-state index contributed by atoms with van der Waals surface area (Å²) in [6.45, 7) is 8.86. The number of rotatable bonds is 3. The summed E-state index contributed by atoms with van der Waals surface area (Å²) >= 11 is 1.70. The molecule has 0 radical (unpaired) electrons. The molecule has 3 unspecified atom stereocenters. The molecule has 3 heteroatoms. The van der Waals surface area contributed by atoms with Crippen LogP contribution in [0.2, 0.25) is 0 Å². The molecule has 0 aliphatic heterocycles. The van der Waals surface area contributed by atoms with Crippen molar-refractivity contribution in [1.82, 2.24) is 4.98 Å². The van der Waals surface area contributed by atoms with Crippen molar-refractivity contribution < 1.29 is 5.11 Å². The Balaban J connectivity index is 1.95. The maximum Gasteiger partial charge on any atom is 0.0954 e. The third kappa shape index (κ3) is 4.03. The number of aliphatic hydroxyl groups is 1. The Bertz CT molecular complexity index is 407. The predicted molar refractivity (Wildman–Crippen MR) is 81.6 cm³/mol. The number of nitrogens with zero attached hydrogens (tertiary/aromatic N) is 1. The maximum atomic E-state index is 10.4. The Morgan fingerprint density at radius 1 is 1.42 bits per heavy atom. The molecule has 1 saturated carbocycles. The van der Waals surface area contributed by atoms with Crippen molar-refractivity contribution in [3.8, 4) is 0 Å². The lowest BCUT2D eigenvalue weighted by Crippen LogP contribution is -2.27. The van der Waals surface area contributed by atoms with E-state index in [2.05, 4.69) is 33.1 Å². The highest BCUT2D eigenvalue weighted by Gasteiger charge is 2.26. The van der Waals surface area contributed by atoms with E-state index < -0.39 is 0 Å². The molecule has 0 saturated heterocycles. The lowest BCUT2D eigenvalue weighted by molar-refractivity contribution is 0.0719. The minimum atomic E-state index is -0.207. The highest BCUT2D eigenvalue weighted by molar-refractivity contribution is 7.09. The SMILES string of the molecule is CC1CCCC(C(O)Cc2nc(C(C)(C)C)cs2)C1. The van der Waals surface area contributed by atoms with Crippen molar-refractivity contribution in [2.45, 2.75) is 71.3 Å². The number of hydrogen-bond acceptors (Lipinski definition) is 3. The van der Waals surface area contributed by atoms with Crippen LogP contribution in [0.15, 0.2) is 5.38 Å². The average molecular weight is 281 g/mol. The predicted octanol–water partition coefficient (Wildman–Crippen LogP) is 4.17. The van der Waals surface area contributed by atoms with Gasteiger partial charge in [-0.2, -0.15) is 0 Å². The summed E-state index contributed by atoms with van der Waals surface area (Å²) in [5, 5.41) is 13.7. The lowest BCUT2D eigenvalue weighted by atomic mass is 9.79. The molecule has 1 heterocycles. The van der Waals surface area contributed by atoms with Crippen LogP contribution in [0.25, 0.3) is 0 Å². The summed E-state index contributed by atoms with van der Waals surface area (Å²) in [4.78, 5) is 4.69. The van der Waals surface area contributed by atoms with Gasteiger partial charge in [-0.3, -0.25) is 0 Å². The van der Waals surface area contributed by atoms with E-state index in [9.17, 15) is 5.11 Å². The monoisotopic (exact) mass is 281 g/mol. The van der Waals surface area contributed by atoms with E-state index >= 15 is 0 Å². The number of hydrogen-bond donors (Lipinski definition) is 1. The van der Waals surface area contributed by atoms with Crippen LogP contribution in [-0.2, 0) is 11.8 Å². The Labute approximate surface area is 121 Å². The van der Waals surface area contributed by atoms with Crippen LogP contribution in [0.4, 0.5) is 0 Å². The van der Waals surface area contributed by atoms with Gasteiger partial charge in [-0.05, 0) is 24.7 Å². The van der Waals surface area contributed by atoms with Gasteiger partial charge < -0.3 is 5.11 Å². The summed E-state index contributed by atoms with van der Waals surface area (Å²) in [6, 6.07) is 0. The molecule has 0 spiro atoms. The van der Waals surface area contributed by atoms with Crippen molar-refractivity contribution in [3.05, 3.63) is 16.1 Å². The minimum absolute atomic E-state index is 0.110. The molecule has 0 aromatic carbocycles. The molecule has 1 fully saturated rings. The summed E-state index contributed by atoms with van der Waals surface area (Å²) in [6.07, 6.45) is 5.49. The van der Waals surface area contributed by atoms with Gasteiger partial charge in [0.1, 0.15) is 0 Å². The average Bonchev–Trinajstić information content (AvgIpc) is 2.77. The van der Waals surface area contributed by atoms with Crippen molar-refractivity contribution in [2.75, 3.05) is 0 Å². The second-order valence-electron chi connectivity index (χ2n) is 7.18. The lowest BCUT2D eigenvalue weighted by Gasteiger charge is -2.30. The Morgan fingerprint density at radius 2 is 2.16 bits per heavy atom. The first kappa shape index (κ1) is 15.0.